The van der Waals surface area contributed by atoms with E-state index in [2.05, 4.69) is 10.6 Å². The quantitative estimate of drug-likeness (QED) is 0.486. The molecule has 1 saturated heterocycles. The minimum absolute atomic E-state index is 0.0107. The fourth-order valence-electron chi connectivity index (χ4n) is 1.21. The molecule has 0 aliphatic carbocycles. The first-order chi connectivity index (χ1) is 5.34. The number of hydrogen-bond acceptors (Lipinski definition) is 3. The zero-order chi connectivity index (χ0) is 8.10. The molecule has 64 valence electrons. The average molecular weight is 158 g/mol. The van der Waals surface area contributed by atoms with E-state index < -0.39 is 0 Å². The van der Waals surface area contributed by atoms with Gasteiger partial charge in [-0.2, -0.15) is 0 Å². The van der Waals surface area contributed by atoms with E-state index in [0.29, 0.717) is 6.54 Å². The lowest BCUT2D eigenvalue weighted by Gasteiger charge is -2.09. The summed E-state index contributed by atoms with van der Waals surface area (Å²) < 4.78 is 0. The first kappa shape index (κ1) is 8.49. The van der Waals surface area contributed by atoms with Crippen LogP contribution in [0.4, 0.5) is 0 Å². The first-order valence-electron chi connectivity index (χ1n) is 3.96. The summed E-state index contributed by atoms with van der Waals surface area (Å²) in [4.78, 5) is 11.1. The summed E-state index contributed by atoms with van der Waals surface area (Å²) in [6, 6.07) is -0.0263. The van der Waals surface area contributed by atoms with Crippen molar-refractivity contribution in [1.82, 2.24) is 10.6 Å². The number of hydrogen-bond donors (Lipinski definition) is 3. The second-order valence-electron chi connectivity index (χ2n) is 2.66. The van der Waals surface area contributed by atoms with E-state index >= 15 is 0 Å². The van der Waals surface area contributed by atoms with Gasteiger partial charge in [-0.05, 0) is 19.4 Å². The van der Waals surface area contributed by atoms with Gasteiger partial charge in [-0.1, -0.05) is 0 Å². The van der Waals surface area contributed by atoms with Crippen LogP contribution in [0.3, 0.4) is 0 Å². The van der Waals surface area contributed by atoms with E-state index in [0.717, 1.165) is 19.4 Å². The number of nitrogens with one attached hydrogen (secondary N) is 2. The molecule has 1 rings (SSSR count). The number of amides is 1. The van der Waals surface area contributed by atoms with Gasteiger partial charge in [-0.3, -0.25) is 4.79 Å². The van der Waals surface area contributed by atoms with Crippen LogP contribution in [0.2, 0.25) is 0 Å². The van der Waals surface area contributed by atoms with Crippen LogP contribution in [0, 0.1) is 0 Å². The van der Waals surface area contributed by atoms with E-state index in [1.54, 1.807) is 0 Å². The van der Waals surface area contributed by atoms with Gasteiger partial charge in [0.25, 0.3) is 0 Å². The second-order valence-corrected chi connectivity index (χ2v) is 2.66. The summed E-state index contributed by atoms with van der Waals surface area (Å²) in [5.74, 6) is 0.0107. The van der Waals surface area contributed by atoms with Crippen LogP contribution < -0.4 is 10.6 Å². The van der Waals surface area contributed by atoms with Crippen LogP contribution in [0.5, 0.6) is 0 Å². The van der Waals surface area contributed by atoms with Crippen LogP contribution in [0.15, 0.2) is 0 Å². The third kappa shape index (κ3) is 2.48. The van der Waals surface area contributed by atoms with E-state index in [1.807, 2.05) is 0 Å². The third-order valence-electron chi connectivity index (χ3n) is 1.79. The van der Waals surface area contributed by atoms with Crippen LogP contribution in [-0.2, 0) is 4.79 Å². The molecule has 0 aromatic carbocycles. The second kappa shape index (κ2) is 4.31. The van der Waals surface area contributed by atoms with E-state index in [1.165, 1.54) is 0 Å². The Bertz CT molecular complexity index is 132. The molecule has 4 nitrogen and oxygen atoms in total. The average Bonchev–Trinajstić information content (AvgIpc) is 2.52. The first-order valence-corrected chi connectivity index (χ1v) is 3.96. The fourth-order valence-corrected chi connectivity index (χ4v) is 1.21. The molecule has 0 radical (unpaired) electrons. The molecule has 0 saturated carbocycles. The van der Waals surface area contributed by atoms with Crippen LogP contribution in [-0.4, -0.2) is 36.8 Å². The molecule has 0 spiro atoms. The molecule has 1 aliphatic heterocycles. The Hall–Kier alpha value is -0.610. The van der Waals surface area contributed by atoms with Crippen LogP contribution >= 0.6 is 0 Å². The Morgan fingerprint density at radius 3 is 3.09 bits per heavy atom. The Balaban J connectivity index is 2.17. The monoisotopic (exact) mass is 158 g/mol. The maximum Gasteiger partial charge on any atom is 0.237 e. The summed E-state index contributed by atoms with van der Waals surface area (Å²) in [5.41, 5.74) is 0. The van der Waals surface area contributed by atoms with Gasteiger partial charge >= 0.3 is 0 Å². The molecule has 1 heterocycles. The van der Waals surface area contributed by atoms with E-state index in [9.17, 15) is 4.79 Å². The molecule has 1 fully saturated rings. The van der Waals surface area contributed by atoms with Gasteiger partial charge in [0.05, 0.1) is 12.6 Å². The Morgan fingerprint density at radius 2 is 2.55 bits per heavy atom. The molecule has 3 N–H and O–H groups in total. The SMILES string of the molecule is O=C(NCCO)[C@H]1CCCN1. The fraction of sp³-hybridized carbons (Fsp3) is 0.857. The summed E-state index contributed by atoms with van der Waals surface area (Å²) in [6.07, 6.45) is 1.98. The molecular formula is C7H14N2O2. The minimum Gasteiger partial charge on any atom is -0.395 e. The zero-order valence-corrected chi connectivity index (χ0v) is 6.47. The lowest BCUT2D eigenvalue weighted by molar-refractivity contribution is -0.122. The number of carbonyl (C=O) groups is 1. The smallest absolute Gasteiger partial charge is 0.237 e. The molecule has 0 aromatic heterocycles. The van der Waals surface area contributed by atoms with Gasteiger partial charge < -0.3 is 15.7 Å². The highest BCUT2D eigenvalue weighted by molar-refractivity contribution is 5.81. The van der Waals surface area contributed by atoms with Crippen LogP contribution in [0.25, 0.3) is 0 Å². The minimum atomic E-state index is -0.0263. The highest BCUT2D eigenvalue weighted by Gasteiger charge is 2.20. The zero-order valence-electron chi connectivity index (χ0n) is 6.47. The molecule has 4 heteroatoms. The predicted octanol–water partition coefficient (Wildman–Crippen LogP) is -1.15. The van der Waals surface area contributed by atoms with Gasteiger partial charge in [0.1, 0.15) is 0 Å². The number of aliphatic hydroxyl groups is 1. The molecule has 0 unspecified atom stereocenters. The van der Waals surface area contributed by atoms with Crippen molar-refractivity contribution in [1.29, 1.82) is 0 Å². The van der Waals surface area contributed by atoms with Gasteiger partial charge in [-0.15, -0.1) is 0 Å². The van der Waals surface area contributed by atoms with Crippen molar-refractivity contribution in [3.8, 4) is 0 Å². The summed E-state index contributed by atoms with van der Waals surface area (Å²) in [6.45, 7) is 1.30. The standard InChI is InChI=1S/C7H14N2O2/c10-5-4-9-7(11)6-2-1-3-8-6/h6,8,10H,1-5H2,(H,9,11)/t6-/m1/s1. The van der Waals surface area contributed by atoms with E-state index in [-0.39, 0.29) is 18.6 Å². The summed E-state index contributed by atoms with van der Waals surface area (Å²) >= 11 is 0. The maximum absolute atomic E-state index is 11.1. The normalized spacial score (nSPS) is 23.5. The molecule has 1 amide bonds. The number of aliphatic hydroxyl groups excluding tert-OH is 1. The molecule has 0 aromatic rings. The molecular weight excluding hydrogens is 144 g/mol. The van der Waals surface area contributed by atoms with E-state index in [4.69, 9.17) is 5.11 Å². The van der Waals surface area contributed by atoms with Crippen molar-refractivity contribution in [3.05, 3.63) is 0 Å². The summed E-state index contributed by atoms with van der Waals surface area (Å²) in [7, 11) is 0. The van der Waals surface area contributed by atoms with Gasteiger partial charge in [0.2, 0.25) is 5.91 Å². The highest BCUT2D eigenvalue weighted by atomic mass is 16.3. The van der Waals surface area contributed by atoms with Gasteiger partial charge in [0, 0.05) is 6.54 Å². The highest BCUT2D eigenvalue weighted by Crippen LogP contribution is 2.03. The Labute approximate surface area is 66.0 Å². The number of carbonyl (C=O) groups excluding carboxylic acids is 1. The topological polar surface area (TPSA) is 61.4 Å². The van der Waals surface area contributed by atoms with Crippen LogP contribution in [0.1, 0.15) is 12.8 Å². The Morgan fingerprint density at radius 1 is 1.73 bits per heavy atom. The molecule has 0 bridgehead atoms. The molecule has 1 atom stereocenters. The van der Waals surface area contributed by atoms with Crippen molar-refractivity contribution >= 4 is 5.91 Å². The molecule has 11 heavy (non-hydrogen) atoms. The van der Waals surface area contributed by atoms with Crippen molar-refractivity contribution in [3.63, 3.8) is 0 Å². The van der Waals surface area contributed by atoms with Crippen molar-refractivity contribution < 1.29 is 9.90 Å². The van der Waals surface area contributed by atoms with Gasteiger partial charge in [0.15, 0.2) is 0 Å². The molecule has 1 aliphatic rings. The lowest BCUT2D eigenvalue weighted by atomic mass is 10.2. The maximum atomic E-state index is 11.1. The summed E-state index contributed by atoms with van der Waals surface area (Å²) in [5, 5.41) is 14.1. The van der Waals surface area contributed by atoms with Gasteiger partial charge in [-0.25, -0.2) is 0 Å². The Kier molecular flexibility index (Phi) is 3.32. The van der Waals surface area contributed by atoms with Crippen molar-refractivity contribution in [2.45, 2.75) is 18.9 Å². The third-order valence-corrected chi connectivity index (χ3v) is 1.79. The number of rotatable bonds is 3. The lowest BCUT2D eigenvalue weighted by Crippen LogP contribution is -2.41. The largest absolute Gasteiger partial charge is 0.395 e. The van der Waals surface area contributed by atoms with Crippen molar-refractivity contribution in [2.75, 3.05) is 19.7 Å². The predicted molar refractivity (Wildman–Crippen MR) is 41.1 cm³/mol. The van der Waals surface area contributed by atoms with Crippen molar-refractivity contribution in [2.24, 2.45) is 0 Å².